The number of nitrogens with one attached hydrogen (secondary N) is 1. The van der Waals surface area contributed by atoms with Gasteiger partial charge in [-0.2, -0.15) is 0 Å². The number of aryl methyl sites for hydroxylation is 1. The van der Waals surface area contributed by atoms with E-state index < -0.39 is 0 Å². The predicted molar refractivity (Wildman–Crippen MR) is 63.9 cm³/mol. The topological polar surface area (TPSA) is 35.2 Å². The highest BCUT2D eigenvalue weighted by atomic mass is 32.1. The van der Waals surface area contributed by atoms with Crippen molar-refractivity contribution < 1.29 is 0 Å². The molecule has 2 heterocycles. The van der Waals surface area contributed by atoms with Crippen LogP contribution in [0, 0.1) is 11.7 Å². The van der Waals surface area contributed by atoms with E-state index in [1.54, 1.807) is 0 Å². The molecule has 1 aliphatic rings. The second-order valence-electron chi connectivity index (χ2n) is 4.02. The minimum atomic E-state index is 0.573. The standard InChI is InChI=1S/C10H16N4S/c1-8-7-9(12-10(15)11-8)14-5-3-13(2)4-6-14/h7H,3-6H2,1-2H3,(H,11,12,15). The number of likely N-dealkylation sites (N-methyl/N-ethyl adjacent to an activating group) is 1. The van der Waals surface area contributed by atoms with Crippen molar-refractivity contribution in [2.24, 2.45) is 0 Å². The van der Waals surface area contributed by atoms with Gasteiger partial charge in [-0.25, -0.2) is 4.98 Å². The van der Waals surface area contributed by atoms with Gasteiger partial charge in [0.15, 0.2) is 4.77 Å². The largest absolute Gasteiger partial charge is 0.354 e. The minimum Gasteiger partial charge on any atom is -0.354 e. The van der Waals surface area contributed by atoms with Gasteiger partial charge in [-0.15, -0.1) is 0 Å². The summed E-state index contributed by atoms with van der Waals surface area (Å²) in [6.45, 7) is 6.25. The maximum absolute atomic E-state index is 5.08. The van der Waals surface area contributed by atoms with Crippen LogP contribution in [0.2, 0.25) is 0 Å². The van der Waals surface area contributed by atoms with Crippen molar-refractivity contribution in [3.05, 3.63) is 16.5 Å². The maximum atomic E-state index is 5.08. The van der Waals surface area contributed by atoms with Crippen LogP contribution in [0.3, 0.4) is 0 Å². The van der Waals surface area contributed by atoms with Crippen molar-refractivity contribution in [1.82, 2.24) is 14.9 Å². The van der Waals surface area contributed by atoms with Gasteiger partial charge in [0.2, 0.25) is 0 Å². The van der Waals surface area contributed by atoms with Gasteiger partial charge in [-0.3, -0.25) is 0 Å². The van der Waals surface area contributed by atoms with Crippen molar-refractivity contribution in [3.63, 3.8) is 0 Å². The van der Waals surface area contributed by atoms with E-state index in [0.717, 1.165) is 37.7 Å². The Morgan fingerprint density at radius 3 is 2.60 bits per heavy atom. The average Bonchev–Trinajstić information content (AvgIpc) is 2.17. The number of nitrogens with zero attached hydrogens (tertiary/aromatic N) is 3. The number of hydrogen-bond donors (Lipinski definition) is 1. The molecule has 0 aromatic carbocycles. The lowest BCUT2D eigenvalue weighted by Crippen LogP contribution is -2.44. The fourth-order valence-electron chi connectivity index (χ4n) is 1.76. The molecule has 1 N–H and O–H groups in total. The van der Waals surface area contributed by atoms with Crippen LogP contribution >= 0.6 is 12.2 Å². The van der Waals surface area contributed by atoms with Gasteiger partial charge in [-0.1, -0.05) is 0 Å². The Morgan fingerprint density at radius 1 is 1.33 bits per heavy atom. The summed E-state index contributed by atoms with van der Waals surface area (Å²) in [7, 11) is 2.15. The van der Waals surface area contributed by atoms with Crippen molar-refractivity contribution in [2.75, 3.05) is 38.1 Å². The van der Waals surface area contributed by atoms with Crippen LogP contribution in [0.15, 0.2) is 6.07 Å². The second-order valence-corrected chi connectivity index (χ2v) is 4.40. The highest BCUT2D eigenvalue weighted by molar-refractivity contribution is 7.71. The lowest BCUT2D eigenvalue weighted by Gasteiger charge is -2.33. The second kappa shape index (κ2) is 4.28. The smallest absolute Gasteiger partial charge is 0.198 e. The van der Waals surface area contributed by atoms with E-state index in [0.29, 0.717) is 4.77 Å². The molecule has 15 heavy (non-hydrogen) atoms. The van der Waals surface area contributed by atoms with Gasteiger partial charge in [0.25, 0.3) is 0 Å². The van der Waals surface area contributed by atoms with E-state index >= 15 is 0 Å². The molecule has 1 aromatic heterocycles. The van der Waals surface area contributed by atoms with Gasteiger partial charge in [0.05, 0.1) is 0 Å². The fourth-order valence-corrected chi connectivity index (χ4v) is 2.01. The minimum absolute atomic E-state index is 0.573. The fraction of sp³-hybridized carbons (Fsp3) is 0.600. The zero-order chi connectivity index (χ0) is 10.8. The summed E-state index contributed by atoms with van der Waals surface area (Å²) in [5.74, 6) is 1.00. The molecule has 1 aliphatic heterocycles. The third kappa shape index (κ3) is 2.54. The Hall–Kier alpha value is -0.940. The van der Waals surface area contributed by atoms with Crippen LogP contribution in [-0.4, -0.2) is 48.1 Å². The molecule has 82 valence electrons. The number of aromatic nitrogens is 2. The Bertz CT molecular complexity index is 393. The van der Waals surface area contributed by atoms with E-state index in [9.17, 15) is 0 Å². The molecule has 0 radical (unpaired) electrons. The number of piperazine rings is 1. The van der Waals surface area contributed by atoms with Crippen LogP contribution in [-0.2, 0) is 0 Å². The number of aromatic amines is 1. The van der Waals surface area contributed by atoms with Gasteiger partial charge >= 0.3 is 0 Å². The molecule has 1 aromatic rings. The van der Waals surface area contributed by atoms with Crippen LogP contribution in [0.4, 0.5) is 5.82 Å². The molecule has 0 amide bonds. The summed E-state index contributed by atoms with van der Waals surface area (Å²) in [6, 6.07) is 2.06. The molecule has 2 rings (SSSR count). The van der Waals surface area contributed by atoms with E-state index in [1.165, 1.54) is 0 Å². The van der Waals surface area contributed by atoms with Crippen molar-refractivity contribution in [2.45, 2.75) is 6.92 Å². The van der Waals surface area contributed by atoms with Crippen LogP contribution < -0.4 is 4.90 Å². The van der Waals surface area contributed by atoms with Crippen molar-refractivity contribution in [3.8, 4) is 0 Å². The molecule has 1 fully saturated rings. The third-order valence-corrected chi connectivity index (χ3v) is 2.89. The van der Waals surface area contributed by atoms with E-state index in [1.807, 2.05) is 6.92 Å². The molecule has 4 nitrogen and oxygen atoms in total. The number of hydrogen-bond acceptors (Lipinski definition) is 4. The monoisotopic (exact) mass is 224 g/mol. The molecular formula is C10H16N4S. The van der Waals surface area contributed by atoms with Gasteiger partial charge in [0, 0.05) is 31.9 Å². The Morgan fingerprint density at radius 2 is 2.00 bits per heavy atom. The molecule has 0 unspecified atom stereocenters. The van der Waals surface area contributed by atoms with E-state index in [2.05, 4.69) is 32.9 Å². The highest BCUT2D eigenvalue weighted by Gasteiger charge is 2.15. The van der Waals surface area contributed by atoms with Gasteiger partial charge < -0.3 is 14.8 Å². The summed E-state index contributed by atoms with van der Waals surface area (Å²) >= 11 is 5.08. The molecule has 0 bridgehead atoms. The molecule has 5 heteroatoms. The van der Waals surface area contributed by atoms with Crippen LogP contribution in [0.1, 0.15) is 5.69 Å². The molecule has 0 atom stereocenters. The molecular weight excluding hydrogens is 208 g/mol. The van der Waals surface area contributed by atoms with E-state index in [-0.39, 0.29) is 0 Å². The summed E-state index contributed by atoms with van der Waals surface area (Å²) < 4.78 is 0.573. The zero-order valence-electron chi connectivity index (χ0n) is 9.16. The molecule has 0 spiro atoms. The molecule has 1 saturated heterocycles. The maximum Gasteiger partial charge on any atom is 0.198 e. The average molecular weight is 224 g/mol. The number of rotatable bonds is 1. The summed E-state index contributed by atoms with van der Waals surface area (Å²) in [4.78, 5) is 12.0. The zero-order valence-corrected chi connectivity index (χ0v) is 9.97. The van der Waals surface area contributed by atoms with Gasteiger partial charge in [-0.05, 0) is 32.3 Å². The first-order valence-corrected chi connectivity index (χ1v) is 5.57. The summed E-state index contributed by atoms with van der Waals surface area (Å²) in [5.41, 5.74) is 1.07. The van der Waals surface area contributed by atoms with Crippen molar-refractivity contribution in [1.29, 1.82) is 0 Å². The lowest BCUT2D eigenvalue weighted by atomic mass is 10.3. The Balaban J connectivity index is 2.19. The van der Waals surface area contributed by atoms with E-state index in [4.69, 9.17) is 12.2 Å². The Labute approximate surface area is 94.9 Å². The third-order valence-electron chi connectivity index (χ3n) is 2.69. The SMILES string of the molecule is Cc1cc(N2CCN(C)CC2)nc(=S)[nH]1. The predicted octanol–water partition coefficient (Wildman–Crippen LogP) is 1.20. The normalized spacial score (nSPS) is 18.1. The first-order chi connectivity index (χ1) is 7.15. The lowest BCUT2D eigenvalue weighted by molar-refractivity contribution is 0.312. The van der Waals surface area contributed by atoms with Crippen LogP contribution in [0.5, 0.6) is 0 Å². The first kappa shape index (κ1) is 10.6. The summed E-state index contributed by atoms with van der Waals surface area (Å²) in [5, 5.41) is 0. The summed E-state index contributed by atoms with van der Waals surface area (Å²) in [6.07, 6.45) is 0. The first-order valence-electron chi connectivity index (χ1n) is 5.16. The van der Waals surface area contributed by atoms with Gasteiger partial charge in [0.1, 0.15) is 5.82 Å². The van der Waals surface area contributed by atoms with Crippen LogP contribution in [0.25, 0.3) is 0 Å². The highest BCUT2D eigenvalue weighted by Crippen LogP contribution is 2.13. The number of H-pyrrole nitrogens is 1. The number of anilines is 1. The Kier molecular flexibility index (Phi) is 3.02. The molecule has 0 aliphatic carbocycles. The van der Waals surface area contributed by atoms with Crippen molar-refractivity contribution >= 4 is 18.0 Å². The quantitative estimate of drug-likeness (QED) is 0.727. The molecule has 0 saturated carbocycles.